The van der Waals surface area contributed by atoms with Crippen LogP contribution in [-0.4, -0.2) is 17.6 Å². The number of amides is 1. The van der Waals surface area contributed by atoms with Gasteiger partial charge in [0.05, 0.1) is 18.2 Å². The number of hydrogen-bond acceptors (Lipinski definition) is 3. The van der Waals surface area contributed by atoms with Crippen LogP contribution in [0.1, 0.15) is 36.7 Å². The molecule has 0 radical (unpaired) electrons. The van der Waals surface area contributed by atoms with E-state index in [0.29, 0.717) is 18.6 Å². The number of aliphatic hydroxyl groups is 1. The zero-order chi connectivity index (χ0) is 16.4. The van der Waals surface area contributed by atoms with E-state index in [9.17, 15) is 18.7 Å². The standard InChI is InChI=1S/C17H17F2NO3/c18-11-4-5-12(13(19)9-11)17(6-2-7-17)16(22)20-10-14(21)15-3-1-8-23-15/h1,3-5,8-9,14,21H,2,6-7,10H2,(H,20,22)/t14-/m0/s1. The maximum Gasteiger partial charge on any atom is 0.230 e. The minimum atomic E-state index is -0.985. The van der Waals surface area contributed by atoms with Gasteiger partial charge in [0.25, 0.3) is 0 Å². The smallest absolute Gasteiger partial charge is 0.230 e. The lowest BCUT2D eigenvalue weighted by Gasteiger charge is -2.41. The Labute approximate surface area is 132 Å². The van der Waals surface area contributed by atoms with Crippen LogP contribution in [0.25, 0.3) is 0 Å². The molecule has 1 aromatic heterocycles. The third kappa shape index (κ3) is 2.86. The van der Waals surface area contributed by atoms with Gasteiger partial charge in [-0.2, -0.15) is 0 Å². The molecular weight excluding hydrogens is 304 g/mol. The van der Waals surface area contributed by atoms with Crippen molar-refractivity contribution >= 4 is 5.91 Å². The highest BCUT2D eigenvalue weighted by molar-refractivity contribution is 5.89. The normalized spacial score (nSPS) is 17.3. The molecule has 3 rings (SSSR count). The van der Waals surface area contributed by atoms with Gasteiger partial charge < -0.3 is 14.8 Å². The Balaban J connectivity index is 1.73. The number of carbonyl (C=O) groups excluding carboxylic acids is 1. The fourth-order valence-electron chi connectivity index (χ4n) is 2.97. The average molecular weight is 321 g/mol. The summed E-state index contributed by atoms with van der Waals surface area (Å²) < 4.78 is 32.2. The number of nitrogens with one attached hydrogen (secondary N) is 1. The number of furan rings is 1. The zero-order valence-corrected chi connectivity index (χ0v) is 12.4. The molecule has 0 unspecified atom stereocenters. The summed E-state index contributed by atoms with van der Waals surface area (Å²) in [5, 5.41) is 12.6. The lowest BCUT2D eigenvalue weighted by atomic mass is 9.63. The molecule has 1 fully saturated rings. The third-order valence-electron chi connectivity index (χ3n) is 4.42. The molecule has 122 valence electrons. The summed E-state index contributed by atoms with van der Waals surface area (Å²) in [7, 11) is 0. The van der Waals surface area contributed by atoms with Crippen molar-refractivity contribution in [1.29, 1.82) is 0 Å². The highest BCUT2D eigenvalue weighted by Gasteiger charge is 2.47. The minimum absolute atomic E-state index is 0.0308. The first-order valence-electron chi connectivity index (χ1n) is 7.48. The van der Waals surface area contributed by atoms with Crippen molar-refractivity contribution in [2.75, 3.05) is 6.54 Å². The van der Waals surface area contributed by atoms with Crippen LogP contribution in [0.15, 0.2) is 41.0 Å². The fourth-order valence-corrected chi connectivity index (χ4v) is 2.97. The van der Waals surface area contributed by atoms with Gasteiger partial charge in [-0.3, -0.25) is 4.79 Å². The lowest BCUT2D eigenvalue weighted by molar-refractivity contribution is -0.130. The Bertz CT molecular complexity index is 696. The molecule has 0 saturated heterocycles. The molecule has 0 bridgehead atoms. The van der Waals surface area contributed by atoms with Crippen molar-refractivity contribution in [2.45, 2.75) is 30.8 Å². The first kappa shape index (κ1) is 15.7. The Morgan fingerprint density at radius 2 is 2.13 bits per heavy atom. The van der Waals surface area contributed by atoms with E-state index in [1.54, 1.807) is 12.1 Å². The molecule has 1 saturated carbocycles. The molecule has 1 aliphatic carbocycles. The van der Waals surface area contributed by atoms with Crippen LogP contribution in [-0.2, 0) is 10.2 Å². The van der Waals surface area contributed by atoms with Crippen LogP contribution in [0.4, 0.5) is 8.78 Å². The van der Waals surface area contributed by atoms with Crippen LogP contribution in [0.2, 0.25) is 0 Å². The molecule has 1 aliphatic rings. The largest absolute Gasteiger partial charge is 0.467 e. The van der Waals surface area contributed by atoms with Gasteiger partial charge in [-0.15, -0.1) is 0 Å². The molecule has 4 nitrogen and oxygen atoms in total. The van der Waals surface area contributed by atoms with Crippen molar-refractivity contribution < 1.29 is 23.1 Å². The predicted octanol–water partition coefficient (Wildman–Crippen LogP) is 2.83. The Morgan fingerprint density at radius 1 is 1.35 bits per heavy atom. The second-order valence-electron chi connectivity index (χ2n) is 5.80. The zero-order valence-electron chi connectivity index (χ0n) is 12.4. The summed E-state index contributed by atoms with van der Waals surface area (Å²) in [5.41, 5.74) is -0.782. The first-order valence-corrected chi connectivity index (χ1v) is 7.48. The summed E-state index contributed by atoms with van der Waals surface area (Å²) in [4.78, 5) is 12.5. The van der Waals surface area contributed by atoms with Gasteiger partial charge in [0, 0.05) is 11.6 Å². The van der Waals surface area contributed by atoms with Crippen LogP contribution in [0, 0.1) is 11.6 Å². The van der Waals surface area contributed by atoms with E-state index in [1.807, 2.05) is 0 Å². The highest BCUT2D eigenvalue weighted by atomic mass is 19.1. The van der Waals surface area contributed by atoms with Crippen molar-refractivity contribution in [3.8, 4) is 0 Å². The fraction of sp³-hybridized carbons (Fsp3) is 0.353. The van der Waals surface area contributed by atoms with Crippen LogP contribution in [0.3, 0.4) is 0 Å². The summed E-state index contributed by atoms with van der Waals surface area (Å²) in [5.74, 6) is -1.40. The Hall–Kier alpha value is -2.21. The SMILES string of the molecule is O=C(NC[C@H](O)c1ccco1)C1(c2ccc(F)cc2F)CCC1. The van der Waals surface area contributed by atoms with Crippen LogP contribution >= 0.6 is 0 Å². The summed E-state index contributed by atoms with van der Waals surface area (Å²) in [6, 6.07) is 6.52. The minimum Gasteiger partial charge on any atom is -0.467 e. The molecule has 0 aliphatic heterocycles. The molecular formula is C17H17F2NO3. The van der Waals surface area contributed by atoms with E-state index in [0.717, 1.165) is 18.6 Å². The number of hydrogen-bond donors (Lipinski definition) is 2. The molecule has 6 heteroatoms. The molecule has 0 spiro atoms. The van der Waals surface area contributed by atoms with E-state index in [4.69, 9.17) is 4.42 Å². The van der Waals surface area contributed by atoms with E-state index in [1.165, 1.54) is 12.3 Å². The number of carbonyl (C=O) groups is 1. The lowest BCUT2D eigenvalue weighted by Crippen LogP contribution is -2.50. The molecule has 2 N–H and O–H groups in total. The van der Waals surface area contributed by atoms with Crippen molar-refractivity contribution in [3.05, 3.63) is 59.6 Å². The predicted molar refractivity (Wildman–Crippen MR) is 78.6 cm³/mol. The van der Waals surface area contributed by atoms with Gasteiger partial charge in [0.2, 0.25) is 5.91 Å². The molecule has 23 heavy (non-hydrogen) atoms. The van der Waals surface area contributed by atoms with Gasteiger partial charge in [0.1, 0.15) is 23.5 Å². The van der Waals surface area contributed by atoms with Gasteiger partial charge in [-0.1, -0.05) is 12.5 Å². The second-order valence-corrected chi connectivity index (χ2v) is 5.80. The van der Waals surface area contributed by atoms with Crippen molar-refractivity contribution in [3.63, 3.8) is 0 Å². The monoisotopic (exact) mass is 321 g/mol. The van der Waals surface area contributed by atoms with Gasteiger partial charge >= 0.3 is 0 Å². The first-order chi connectivity index (χ1) is 11.0. The number of halogens is 2. The maximum atomic E-state index is 14.1. The summed E-state index contributed by atoms with van der Waals surface area (Å²) in [6.45, 7) is -0.0308. The number of rotatable bonds is 5. The average Bonchev–Trinajstić information content (AvgIpc) is 3.00. The Morgan fingerprint density at radius 3 is 2.70 bits per heavy atom. The quantitative estimate of drug-likeness (QED) is 0.890. The van der Waals surface area contributed by atoms with Gasteiger partial charge in [-0.25, -0.2) is 8.78 Å². The van der Waals surface area contributed by atoms with E-state index in [2.05, 4.69) is 5.32 Å². The van der Waals surface area contributed by atoms with Crippen molar-refractivity contribution in [1.82, 2.24) is 5.32 Å². The van der Waals surface area contributed by atoms with E-state index in [-0.39, 0.29) is 18.0 Å². The molecule has 1 amide bonds. The van der Waals surface area contributed by atoms with Gasteiger partial charge in [0.15, 0.2) is 0 Å². The van der Waals surface area contributed by atoms with Crippen LogP contribution in [0.5, 0.6) is 0 Å². The van der Waals surface area contributed by atoms with E-state index < -0.39 is 23.2 Å². The summed E-state index contributed by atoms with van der Waals surface area (Å²) >= 11 is 0. The molecule has 1 aromatic carbocycles. The Kier molecular flexibility index (Phi) is 4.17. The van der Waals surface area contributed by atoms with Gasteiger partial charge in [-0.05, 0) is 31.0 Å². The molecule has 1 heterocycles. The third-order valence-corrected chi connectivity index (χ3v) is 4.42. The maximum absolute atomic E-state index is 14.1. The number of benzene rings is 1. The number of aliphatic hydroxyl groups excluding tert-OH is 1. The van der Waals surface area contributed by atoms with Crippen LogP contribution < -0.4 is 5.32 Å². The summed E-state index contributed by atoms with van der Waals surface area (Å²) in [6.07, 6.45) is 2.26. The molecule has 1 atom stereocenters. The van der Waals surface area contributed by atoms with E-state index >= 15 is 0 Å². The van der Waals surface area contributed by atoms with Crippen molar-refractivity contribution in [2.24, 2.45) is 0 Å². The second kappa shape index (κ2) is 6.12. The topological polar surface area (TPSA) is 62.5 Å². The highest BCUT2D eigenvalue weighted by Crippen LogP contribution is 2.45. The molecule has 2 aromatic rings.